The van der Waals surface area contributed by atoms with Crippen molar-refractivity contribution < 1.29 is 23.7 Å². The Bertz CT molecular complexity index is 850. The number of amides is 1. The average Bonchev–Trinajstić information content (AvgIpc) is 2.72. The SMILES string of the molecule is CCOCCOc1cccc(NC(=S)NC(=O)c2cc(Br)ccc2OCCOC)c1. The molecule has 2 aromatic carbocycles. The van der Waals surface area contributed by atoms with Crippen molar-refractivity contribution in [3.05, 3.63) is 52.5 Å². The molecule has 2 rings (SSSR count). The Morgan fingerprint density at radius 3 is 2.63 bits per heavy atom. The Kier molecular flexibility index (Phi) is 10.6. The number of nitrogens with one attached hydrogen (secondary N) is 2. The Hall–Kier alpha value is -2.20. The number of rotatable bonds is 11. The lowest BCUT2D eigenvalue weighted by atomic mass is 10.2. The Morgan fingerprint density at radius 1 is 1.07 bits per heavy atom. The molecule has 2 aromatic rings. The van der Waals surface area contributed by atoms with Crippen LogP contribution >= 0.6 is 28.1 Å². The first-order chi connectivity index (χ1) is 14.5. The topological polar surface area (TPSA) is 78.1 Å². The van der Waals surface area contributed by atoms with Crippen molar-refractivity contribution in [1.82, 2.24) is 5.32 Å². The van der Waals surface area contributed by atoms with Crippen LogP contribution in [0.25, 0.3) is 0 Å². The summed E-state index contributed by atoms with van der Waals surface area (Å²) in [5, 5.41) is 5.82. The summed E-state index contributed by atoms with van der Waals surface area (Å²) in [7, 11) is 1.59. The van der Waals surface area contributed by atoms with Crippen LogP contribution in [0.5, 0.6) is 11.5 Å². The fraction of sp³-hybridized carbons (Fsp3) is 0.333. The highest BCUT2D eigenvalue weighted by molar-refractivity contribution is 9.10. The number of thiocarbonyl (C=S) groups is 1. The summed E-state index contributed by atoms with van der Waals surface area (Å²) in [6.45, 7) is 4.30. The molecule has 30 heavy (non-hydrogen) atoms. The highest BCUT2D eigenvalue weighted by Gasteiger charge is 2.15. The number of carbonyl (C=O) groups is 1. The summed E-state index contributed by atoms with van der Waals surface area (Å²) >= 11 is 8.66. The third kappa shape index (κ3) is 8.27. The van der Waals surface area contributed by atoms with Gasteiger partial charge in [-0.15, -0.1) is 0 Å². The minimum Gasteiger partial charge on any atom is -0.491 e. The van der Waals surface area contributed by atoms with Gasteiger partial charge < -0.3 is 24.3 Å². The minimum absolute atomic E-state index is 0.161. The summed E-state index contributed by atoms with van der Waals surface area (Å²) in [4.78, 5) is 12.7. The molecular weight excluding hydrogens is 472 g/mol. The molecule has 1 amide bonds. The molecule has 0 fully saturated rings. The van der Waals surface area contributed by atoms with Crippen LogP contribution in [0.2, 0.25) is 0 Å². The van der Waals surface area contributed by atoms with Crippen LogP contribution in [0, 0.1) is 0 Å². The number of benzene rings is 2. The van der Waals surface area contributed by atoms with E-state index in [0.717, 1.165) is 4.47 Å². The maximum Gasteiger partial charge on any atom is 0.261 e. The molecule has 0 aromatic heterocycles. The van der Waals surface area contributed by atoms with Crippen molar-refractivity contribution >= 4 is 44.9 Å². The highest BCUT2D eigenvalue weighted by Crippen LogP contribution is 2.23. The number of hydrogen-bond acceptors (Lipinski definition) is 6. The minimum atomic E-state index is -0.384. The molecule has 9 heteroatoms. The zero-order valence-electron chi connectivity index (χ0n) is 16.9. The van der Waals surface area contributed by atoms with E-state index in [-0.39, 0.29) is 11.0 Å². The van der Waals surface area contributed by atoms with Gasteiger partial charge in [0.1, 0.15) is 24.7 Å². The summed E-state index contributed by atoms with van der Waals surface area (Å²) in [5.41, 5.74) is 1.05. The molecule has 7 nitrogen and oxygen atoms in total. The number of halogens is 1. The van der Waals surface area contributed by atoms with Crippen molar-refractivity contribution in [3.63, 3.8) is 0 Å². The number of methoxy groups -OCH3 is 1. The molecule has 162 valence electrons. The van der Waals surface area contributed by atoms with Crippen LogP contribution < -0.4 is 20.1 Å². The van der Waals surface area contributed by atoms with E-state index >= 15 is 0 Å². The maximum atomic E-state index is 12.7. The second-order valence-corrected chi connectivity index (χ2v) is 7.29. The van der Waals surface area contributed by atoms with Gasteiger partial charge in [-0.05, 0) is 49.5 Å². The predicted octanol–water partition coefficient (Wildman–Crippen LogP) is 4.02. The predicted molar refractivity (Wildman–Crippen MR) is 124 cm³/mol. The fourth-order valence-corrected chi connectivity index (χ4v) is 2.97. The van der Waals surface area contributed by atoms with Crippen LogP contribution in [-0.2, 0) is 9.47 Å². The number of carbonyl (C=O) groups excluding carboxylic acids is 1. The van der Waals surface area contributed by atoms with Crippen LogP contribution in [0.3, 0.4) is 0 Å². The molecule has 0 aliphatic carbocycles. The van der Waals surface area contributed by atoms with Crippen molar-refractivity contribution in [3.8, 4) is 11.5 Å². The molecule has 0 aliphatic rings. The van der Waals surface area contributed by atoms with Crippen LogP contribution in [-0.4, -0.2) is 51.2 Å². The van der Waals surface area contributed by atoms with E-state index in [1.54, 1.807) is 31.4 Å². The molecular formula is C21H25BrN2O5S. The van der Waals surface area contributed by atoms with Gasteiger partial charge >= 0.3 is 0 Å². The van der Waals surface area contributed by atoms with E-state index in [0.29, 0.717) is 55.8 Å². The fourth-order valence-electron chi connectivity index (χ4n) is 2.40. The number of anilines is 1. The standard InChI is InChI=1S/C21H25BrN2O5S/c1-3-27-10-12-28-17-6-4-5-16(14-17)23-21(30)24-20(25)18-13-15(22)7-8-19(18)29-11-9-26-2/h4-8,13-14H,3,9-12H2,1-2H3,(H2,23,24,25,30). The lowest BCUT2D eigenvalue weighted by molar-refractivity contribution is 0.0969. The molecule has 0 radical (unpaired) electrons. The molecule has 0 spiro atoms. The van der Waals surface area contributed by atoms with Crippen molar-refractivity contribution in [1.29, 1.82) is 0 Å². The van der Waals surface area contributed by atoms with E-state index in [4.69, 9.17) is 31.2 Å². The molecule has 0 bridgehead atoms. The van der Waals surface area contributed by atoms with Gasteiger partial charge in [0.25, 0.3) is 5.91 Å². The third-order valence-corrected chi connectivity index (χ3v) is 4.45. The van der Waals surface area contributed by atoms with Gasteiger partial charge in [-0.2, -0.15) is 0 Å². The molecule has 0 aliphatic heterocycles. The number of ether oxygens (including phenoxy) is 4. The monoisotopic (exact) mass is 496 g/mol. The van der Waals surface area contributed by atoms with Gasteiger partial charge in [-0.1, -0.05) is 22.0 Å². The molecule has 2 N–H and O–H groups in total. The smallest absolute Gasteiger partial charge is 0.261 e. The Balaban J connectivity index is 1.96. The van der Waals surface area contributed by atoms with Gasteiger partial charge in [0.05, 0.1) is 18.8 Å². The summed E-state index contributed by atoms with van der Waals surface area (Å²) in [6, 6.07) is 12.5. The molecule has 0 saturated carbocycles. The molecule has 0 unspecified atom stereocenters. The highest BCUT2D eigenvalue weighted by atomic mass is 79.9. The van der Waals surface area contributed by atoms with Gasteiger partial charge in [-0.3, -0.25) is 10.1 Å². The Morgan fingerprint density at radius 2 is 1.87 bits per heavy atom. The van der Waals surface area contributed by atoms with Crippen LogP contribution in [0.1, 0.15) is 17.3 Å². The van der Waals surface area contributed by atoms with Crippen LogP contribution in [0.4, 0.5) is 5.69 Å². The first-order valence-corrected chi connectivity index (χ1v) is 10.6. The lowest BCUT2D eigenvalue weighted by Crippen LogP contribution is -2.34. The zero-order valence-corrected chi connectivity index (χ0v) is 19.3. The third-order valence-electron chi connectivity index (χ3n) is 3.75. The Labute approximate surface area is 190 Å². The number of hydrogen-bond donors (Lipinski definition) is 2. The second kappa shape index (κ2) is 13.2. The van der Waals surface area contributed by atoms with E-state index in [2.05, 4.69) is 26.6 Å². The molecule has 0 saturated heterocycles. The van der Waals surface area contributed by atoms with Gasteiger partial charge in [-0.25, -0.2) is 0 Å². The molecule has 0 atom stereocenters. The quantitative estimate of drug-likeness (QED) is 0.359. The first-order valence-electron chi connectivity index (χ1n) is 9.37. The summed E-state index contributed by atoms with van der Waals surface area (Å²) < 4.78 is 22.2. The van der Waals surface area contributed by atoms with Crippen molar-refractivity contribution in [2.24, 2.45) is 0 Å². The van der Waals surface area contributed by atoms with Crippen molar-refractivity contribution in [2.75, 3.05) is 45.5 Å². The molecule has 0 heterocycles. The largest absolute Gasteiger partial charge is 0.491 e. The second-order valence-electron chi connectivity index (χ2n) is 5.96. The zero-order chi connectivity index (χ0) is 21.8. The first kappa shape index (κ1) is 24.1. The van der Waals surface area contributed by atoms with Crippen molar-refractivity contribution in [2.45, 2.75) is 6.92 Å². The van der Waals surface area contributed by atoms with E-state index in [1.165, 1.54) is 0 Å². The van der Waals surface area contributed by atoms with Crippen LogP contribution in [0.15, 0.2) is 46.9 Å². The maximum absolute atomic E-state index is 12.7. The van der Waals surface area contributed by atoms with Gasteiger partial charge in [0, 0.05) is 29.9 Å². The van der Waals surface area contributed by atoms with E-state index in [1.807, 2.05) is 25.1 Å². The van der Waals surface area contributed by atoms with Gasteiger partial charge in [0.15, 0.2) is 5.11 Å². The normalized spacial score (nSPS) is 10.4. The average molecular weight is 497 g/mol. The van der Waals surface area contributed by atoms with Gasteiger partial charge in [0.2, 0.25) is 0 Å². The summed E-state index contributed by atoms with van der Waals surface area (Å²) in [6.07, 6.45) is 0. The summed E-state index contributed by atoms with van der Waals surface area (Å²) in [5.74, 6) is 0.736. The lowest BCUT2D eigenvalue weighted by Gasteiger charge is -2.14. The van der Waals surface area contributed by atoms with E-state index < -0.39 is 0 Å². The van der Waals surface area contributed by atoms with E-state index in [9.17, 15) is 4.79 Å².